The molecule has 0 unspecified atom stereocenters. The molecule has 0 aliphatic carbocycles. The summed E-state index contributed by atoms with van der Waals surface area (Å²) in [6, 6.07) is 2.04. The second-order valence-corrected chi connectivity index (χ2v) is 3.91. The summed E-state index contributed by atoms with van der Waals surface area (Å²) in [4.78, 5) is 6.41. The number of pyridine rings is 1. The number of nitrogens with zero attached hydrogens (tertiary/aromatic N) is 2. The minimum absolute atomic E-state index is 0.650. The molecular weight excluding hydrogens is 210 g/mol. The van der Waals surface area contributed by atoms with Crippen LogP contribution in [0.4, 0.5) is 5.69 Å². The third-order valence-electron chi connectivity index (χ3n) is 2.56. The van der Waals surface area contributed by atoms with E-state index >= 15 is 0 Å². The maximum absolute atomic E-state index is 5.42. The molecule has 0 amide bonds. The van der Waals surface area contributed by atoms with E-state index < -0.39 is 0 Å². The topological polar surface area (TPSA) is 28.2 Å². The minimum Gasteiger partial charge on any atom is -0.360 e. The molecule has 3 nitrogen and oxygen atoms in total. The highest BCUT2D eigenvalue weighted by Gasteiger charge is 2.09. The fourth-order valence-corrected chi connectivity index (χ4v) is 1.79. The number of hydrogen-bond donors (Lipinski definition) is 1. The summed E-state index contributed by atoms with van der Waals surface area (Å²) < 4.78 is 0. The van der Waals surface area contributed by atoms with Crippen LogP contribution in [-0.4, -0.2) is 24.6 Å². The predicted molar refractivity (Wildman–Crippen MR) is 73.0 cm³/mol. The normalized spacial score (nSPS) is 9.94. The largest absolute Gasteiger partial charge is 0.360 e. The van der Waals surface area contributed by atoms with Gasteiger partial charge in [0.15, 0.2) is 0 Å². The highest BCUT2D eigenvalue weighted by molar-refractivity contribution is 5.53. The van der Waals surface area contributed by atoms with Crippen molar-refractivity contribution < 1.29 is 0 Å². The van der Waals surface area contributed by atoms with Gasteiger partial charge in [-0.1, -0.05) is 19.8 Å². The van der Waals surface area contributed by atoms with Gasteiger partial charge in [0.2, 0.25) is 0 Å². The Balaban J connectivity index is 2.88. The first-order valence-electron chi connectivity index (χ1n) is 6.15. The highest BCUT2D eigenvalue weighted by atomic mass is 15.1. The lowest BCUT2D eigenvalue weighted by Crippen LogP contribution is -2.26. The SMILES string of the molecule is C#CCN(CCC)c1ccncc1CNCC. The van der Waals surface area contributed by atoms with E-state index in [-0.39, 0.29) is 0 Å². The Morgan fingerprint density at radius 2 is 2.29 bits per heavy atom. The van der Waals surface area contributed by atoms with Crippen molar-refractivity contribution in [1.82, 2.24) is 10.3 Å². The number of terminal acetylenes is 1. The van der Waals surface area contributed by atoms with Crippen LogP contribution in [0.3, 0.4) is 0 Å². The number of anilines is 1. The zero-order valence-corrected chi connectivity index (χ0v) is 10.7. The van der Waals surface area contributed by atoms with E-state index in [1.807, 2.05) is 18.5 Å². The second-order valence-electron chi connectivity index (χ2n) is 3.91. The lowest BCUT2D eigenvalue weighted by molar-refractivity contribution is 0.717. The average molecular weight is 231 g/mol. The smallest absolute Gasteiger partial charge is 0.0791 e. The van der Waals surface area contributed by atoms with Gasteiger partial charge in [-0.2, -0.15) is 0 Å². The summed E-state index contributed by atoms with van der Waals surface area (Å²) in [6.07, 6.45) is 10.2. The average Bonchev–Trinajstić information content (AvgIpc) is 2.36. The first kappa shape index (κ1) is 13.5. The molecule has 0 spiro atoms. The van der Waals surface area contributed by atoms with Gasteiger partial charge in [-0.05, 0) is 19.0 Å². The fraction of sp³-hybridized carbons (Fsp3) is 0.500. The lowest BCUT2D eigenvalue weighted by Gasteiger charge is -2.24. The molecule has 0 saturated carbocycles. The van der Waals surface area contributed by atoms with Crippen molar-refractivity contribution in [3.05, 3.63) is 24.0 Å². The third kappa shape index (κ3) is 4.08. The van der Waals surface area contributed by atoms with Crippen LogP contribution in [0.1, 0.15) is 25.8 Å². The molecule has 17 heavy (non-hydrogen) atoms. The zero-order chi connectivity index (χ0) is 12.5. The van der Waals surface area contributed by atoms with Gasteiger partial charge in [0.25, 0.3) is 0 Å². The molecule has 1 heterocycles. The van der Waals surface area contributed by atoms with E-state index in [2.05, 4.69) is 35.0 Å². The van der Waals surface area contributed by atoms with E-state index in [1.165, 1.54) is 11.3 Å². The molecule has 0 fully saturated rings. The van der Waals surface area contributed by atoms with Gasteiger partial charge < -0.3 is 10.2 Å². The maximum atomic E-state index is 5.42. The van der Waals surface area contributed by atoms with Crippen LogP contribution in [0.25, 0.3) is 0 Å². The molecule has 0 radical (unpaired) electrons. The Labute approximate surface area is 104 Å². The number of rotatable bonds is 7. The Hall–Kier alpha value is -1.53. The van der Waals surface area contributed by atoms with Crippen LogP contribution in [0, 0.1) is 12.3 Å². The summed E-state index contributed by atoms with van der Waals surface area (Å²) in [6.45, 7) is 7.68. The van der Waals surface area contributed by atoms with Gasteiger partial charge >= 0.3 is 0 Å². The Bertz CT molecular complexity index is 368. The number of hydrogen-bond acceptors (Lipinski definition) is 3. The molecule has 0 atom stereocenters. The van der Waals surface area contributed by atoms with Gasteiger partial charge in [0.05, 0.1) is 6.54 Å². The maximum Gasteiger partial charge on any atom is 0.0791 e. The van der Waals surface area contributed by atoms with E-state index in [4.69, 9.17) is 6.42 Å². The van der Waals surface area contributed by atoms with Crippen molar-refractivity contribution in [2.24, 2.45) is 0 Å². The van der Waals surface area contributed by atoms with Crippen LogP contribution in [0.15, 0.2) is 18.5 Å². The first-order chi connectivity index (χ1) is 8.33. The van der Waals surface area contributed by atoms with Gasteiger partial charge in [0, 0.05) is 36.7 Å². The summed E-state index contributed by atoms with van der Waals surface area (Å²) in [5.41, 5.74) is 2.40. The molecule has 3 heteroatoms. The van der Waals surface area contributed by atoms with E-state index in [1.54, 1.807) is 0 Å². The highest BCUT2D eigenvalue weighted by Crippen LogP contribution is 2.19. The molecule has 0 aliphatic heterocycles. The van der Waals surface area contributed by atoms with Gasteiger partial charge in [-0.15, -0.1) is 6.42 Å². The van der Waals surface area contributed by atoms with Gasteiger partial charge in [-0.25, -0.2) is 0 Å². The molecule has 1 rings (SSSR count). The Morgan fingerprint density at radius 1 is 1.47 bits per heavy atom. The lowest BCUT2D eigenvalue weighted by atomic mass is 10.2. The van der Waals surface area contributed by atoms with Crippen molar-refractivity contribution in [3.8, 4) is 12.3 Å². The standard InChI is InChI=1S/C14H21N3/c1-4-9-17(10-5-2)14-7-8-16-12-13(14)11-15-6-3/h1,7-8,12,15H,5-6,9-11H2,2-3H3. The van der Waals surface area contributed by atoms with Crippen molar-refractivity contribution in [3.63, 3.8) is 0 Å². The molecule has 0 bridgehead atoms. The van der Waals surface area contributed by atoms with Crippen LogP contribution >= 0.6 is 0 Å². The molecular formula is C14H21N3. The molecule has 1 N–H and O–H groups in total. The molecule has 1 aromatic rings. The van der Waals surface area contributed by atoms with Gasteiger partial charge in [0.1, 0.15) is 0 Å². The molecule has 1 aromatic heterocycles. The molecule has 0 aromatic carbocycles. The van der Waals surface area contributed by atoms with Crippen LogP contribution in [0.5, 0.6) is 0 Å². The van der Waals surface area contributed by atoms with Gasteiger partial charge in [-0.3, -0.25) is 4.98 Å². The molecule has 92 valence electrons. The monoisotopic (exact) mass is 231 g/mol. The second kappa shape index (κ2) is 7.70. The van der Waals surface area contributed by atoms with Crippen molar-refractivity contribution in [2.45, 2.75) is 26.8 Å². The number of nitrogens with one attached hydrogen (secondary N) is 1. The Morgan fingerprint density at radius 3 is 2.94 bits per heavy atom. The minimum atomic E-state index is 0.650. The molecule has 0 saturated heterocycles. The van der Waals surface area contributed by atoms with Crippen molar-refractivity contribution >= 4 is 5.69 Å². The Kier molecular flexibility index (Phi) is 6.13. The summed E-state index contributed by atoms with van der Waals surface area (Å²) >= 11 is 0. The van der Waals surface area contributed by atoms with Crippen molar-refractivity contribution in [2.75, 3.05) is 24.5 Å². The third-order valence-corrected chi connectivity index (χ3v) is 2.56. The summed E-state index contributed by atoms with van der Waals surface area (Å²) in [7, 11) is 0. The number of aromatic nitrogens is 1. The first-order valence-corrected chi connectivity index (χ1v) is 6.15. The van der Waals surface area contributed by atoms with E-state index in [0.717, 1.165) is 26.1 Å². The quantitative estimate of drug-likeness (QED) is 0.728. The van der Waals surface area contributed by atoms with Crippen molar-refractivity contribution in [1.29, 1.82) is 0 Å². The van der Waals surface area contributed by atoms with Crippen LogP contribution in [-0.2, 0) is 6.54 Å². The van der Waals surface area contributed by atoms with E-state index in [9.17, 15) is 0 Å². The zero-order valence-electron chi connectivity index (χ0n) is 10.7. The van der Waals surface area contributed by atoms with Crippen LogP contribution in [0.2, 0.25) is 0 Å². The summed E-state index contributed by atoms with van der Waals surface area (Å²) in [5.74, 6) is 2.72. The predicted octanol–water partition coefficient (Wildman–Crippen LogP) is 2.04. The molecule has 0 aliphatic rings. The summed E-state index contributed by atoms with van der Waals surface area (Å²) in [5, 5.41) is 3.33. The van der Waals surface area contributed by atoms with E-state index in [0.29, 0.717) is 6.54 Å². The fourth-order valence-electron chi connectivity index (χ4n) is 1.79. The van der Waals surface area contributed by atoms with Crippen LogP contribution < -0.4 is 10.2 Å².